The first kappa shape index (κ1) is 22.7. The summed E-state index contributed by atoms with van der Waals surface area (Å²) in [5.41, 5.74) is -0.607. The van der Waals surface area contributed by atoms with Crippen LogP contribution in [0.4, 0.5) is 20.2 Å². The summed E-state index contributed by atoms with van der Waals surface area (Å²) in [6, 6.07) is 7.73. The number of aromatic nitrogens is 1. The van der Waals surface area contributed by atoms with E-state index in [1.165, 1.54) is 17.9 Å². The molecule has 1 aliphatic heterocycles. The number of carbonyl (C=O) groups is 1. The number of rotatable bonds is 5. The summed E-state index contributed by atoms with van der Waals surface area (Å²) in [7, 11) is 1.53. The van der Waals surface area contributed by atoms with Gasteiger partial charge in [0.05, 0.1) is 18.0 Å². The van der Waals surface area contributed by atoms with Crippen molar-refractivity contribution in [1.82, 2.24) is 9.88 Å². The van der Waals surface area contributed by atoms with Crippen LogP contribution in [0, 0.1) is 11.6 Å². The number of pyridine rings is 1. The van der Waals surface area contributed by atoms with Crippen LogP contribution >= 0.6 is 0 Å². The van der Waals surface area contributed by atoms with Crippen LogP contribution in [0.1, 0.15) is 24.2 Å². The maximum absolute atomic E-state index is 15.6. The molecular weight excluding hydrogens is 430 g/mol. The molecule has 1 fully saturated rings. The number of halogens is 2. The summed E-state index contributed by atoms with van der Waals surface area (Å²) in [6.45, 7) is 5.49. The molecule has 1 saturated heterocycles. The second-order valence-electron chi connectivity index (χ2n) is 8.06. The lowest BCUT2D eigenvalue weighted by Crippen LogP contribution is -2.49. The van der Waals surface area contributed by atoms with Crippen molar-refractivity contribution < 1.29 is 18.3 Å². The van der Waals surface area contributed by atoms with Crippen molar-refractivity contribution in [2.24, 2.45) is 0 Å². The summed E-state index contributed by atoms with van der Waals surface area (Å²) in [6.07, 6.45) is 1.33. The maximum Gasteiger partial charge on any atom is 0.261 e. The molecule has 0 bridgehead atoms. The van der Waals surface area contributed by atoms with Gasteiger partial charge in [-0.2, -0.15) is 0 Å². The van der Waals surface area contributed by atoms with Crippen molar-refractivity contribution in [3.05, 3.63) is 63.9 Å². The Kier molecular flexibility index (Phi) is 6.33. The third-order valence-electron chi connectivity index (χ3n) is 5.85. The fourth-order valence-corrected chi connectivity index (χ4v) is 4.19. The van der Waals surface area contributed by atoms with Crippen molar-refractivity contribution in [2.45, 2.75) is 26.4 Å². The zero-order valence-electron chi connectivity index (χ0n) is 18.7. The van der Waals surface area contributed by atoms with Crippen LogP contribution in [0.3, 0.4) is 0 Å². The Morgan fingerprint density at radius 3 is 2.64 bits per heavy atom. The number of hydrogen-bond donors (Lipinski definition) is 2. The molecule has 1 unspecified atom stereocenters. The lowest BCUT2D eigenvalue weighted by Gasteiger charge is -2.34. The highest BCUT2D eigenvalue weighted by molar-refractivity contribution is 6.06. The highest BCUT2D eigenvalue weighted by Crippen LogP contribution is 2.31. The van der Waals surface area contributed by atoms with Crippen LogP contribution in [-0.2, 0) is 6.54 Å². The molecule has 2 aromatic carbocycles. The van der Waals surface area contributed by atoms with Gasteiger partial charge in [-0.25, -0.2) is 8.78 Å². The van der Waals surface area contributed by atoms with Gasteiger partial charge in [0.1, 0.15) is 22.8 Å². The van der Waals surface area contributed by atoms with E-state index in [4.69, 9.17) is 4.74 Å². The summed E-state index contributed by atoms with van der Waals surface area (Å²) in [5, 5.41) is 5.73. The molecule has 2 N–H and O–H groups in total. The van der Waals surface area contributed by atoms with Gasteiger partial charge in [0.25, 0.3) is 5.91 Å². The Morgan fingerprint density at radius 1 is 1.27 bits per heavy atom. The van der Waals surface area contributed by atoms with E-state index < -0.39 is 23.0 Å². The zero-order valence-corrected chi connectivity index (χ0v) is 18.7. The summed E-state index contributed by atoms with van der Waals surface area (Å²) < 4.78 is 37.3. The van der Waals surface area contributed by atoms with E-state index in [1.807, 2.05) is 6.92 Å². The monoisotopic (exact) mass is 456 g/mol. The number of carbonyl (C=O) groups excluding carboxylic acids is 1. The second-order valence-corrected chi connectivity index (χ2v) is 8.06. The van der Waals surface area contributed by atoms with Gasteiger partial charge in [0.2, 0.25) is 5.43 Å². The number of amides is 1. The molecule has 1 aliphatic rings. The first-order valence-electron chi connectivity index (χ1n) is 10.8. The Labute approximate surface area is 190 Å². The normalized spacial score (nSPS) is 16.2. The lowest BCUT2D eigenvalue weighted by atomic mass is 10.1. The first-order chi connectivity index (χ1) is 15.8. The number of ether oxygens (including phenoxy) is 1. The zero-order chi connectivity index (χ0) is 23.7. The van der Waals surface area contributed by atoms with E-state index in [0.717, 1.165) is 6.07 Å². The predicted molar refractivity (Wildman–Crippen MR) is 124 cm³/mol. The highest BCUT2D eigenvalue weighted by Gasteiger charge is 2.27. The molecular formula is C24H26F2N4O3. The van der Waals surface area contributed by atoms with Crippen molar-refractivity contribution in [2.75, 3.05) is 37.0 Å². The van der Waals surface area contributed by atoms with Gasteiger partial charge in [-0.15, -0.1) is 0 Å². The van der Waals surface area contributed by atoms with Crippen LogP contribution in [0.15, 0.2) is 41.3 Å². The lowest BCUT2D eigenvalue weighted by molar-refractivity contribution is 0.102. The van der Waals surface area contributed by atoms with Crippen molar-refractivity contribution in [3.8, 4) is 5.75 Å². The maximum atomic E-state index is 15.6. The fourth-order valence-electron chi connectivity index (χ4n) is 4.19. The topological polar surface area (TPSA) is 75.6 Å². The molecule has 0 aliphatic carbocycles. The van der Waals surface area contributed by atoms with Gasteiger partial charge in [-0.1, -0.05) is 0 Å². The van der Waals surface area contributed by atoms with Gasteiger partial charge >= 0.3 is 0 Å². The third-order valence-corrected chi connectivity index (χ3v) is 5.85. The smallest absolute Gasteiger partial charge is 0.261 e. The van der Waals surface area contributed by atoms with E-state index >= 15 is 8.78 Å². The molecule has 33 heavy (non-hydrogen) atoms. The molecule has 7 nitrogen and oxygen atoms in total. The van der Waals surface area contributed by atoms with E-state index in [-0.39, 0.29) is 28.2 Å². The van der Waals surface area contributed by atoms with Crippen molar-refractivity contribution in [1.29, 1.82) is 0 Å². The molecule has 1 amide bonds. The Hall–Kier alpha value is -3.46. The quantitative estimate of drug-likeness (QED) is 0.616. The van der Waals surface area contributed by atoms with Crippen LogP contribution in [0.2, 0.25) is 0 Å². The van der Waals surface area contributed by atoms with E-state index in [2.05, 4.69) is 10.6 Å². The van der Waals surface area contributed by atoms with Crippen molar-refractivity contribution in [3.63, 3.8) is 0 Å². The number of hydrogen-bond acceptors (Lipinski definition) is 5. The number of piperazine rings is 1. The van der Waals surface area contributed by atoms with E-state index in [9.17, 15) is 9.59 Å². The van der Waals surface area contributed by atoms with Gasteiger partial charge in [-0.05, 0) is 44.2 Å². The van der Waals surface area contributed by atoms with E-state index in [1.54, 1.807) is 36.1 Å². The summed E-state index contributed by atoms with van der Waals surface area (Å²) in [5.74, 6) is -1.65. The number of aryl methyl sites for hydroxylation is 1. The van der Waals surface area contributed by atoms with Gasteiger partial charge < -0.3 is 24.8 Å². The predicted octanol–water partition coefficient (Wildman–Crippen LogP) is 3.36. The number of nitrogens with zero attached hydrogens (tertiary/aromatic N) is 2. The van der Waals surface area contributed by atoms with Crippen LogP contribution in [-0.4, -0.2) is 43.3 Å². The minimum Gasteiger partial charge on any atom is -0.497 e. The average molecular weight is 456 g/mol. The fraction of sp³-hybridized carbons (Fsp3) is 0.333. The largest absolute Gasteiger partial charge is 0.497 e. The van der Waals surface area contributed by atoms with Crippen LogP contribution in [0.5, 0.6) is 5.75 Å². The first-order valence-corrected chi connectivity index (χ1v) is 10.8. The Morgan fingerprint density at radius 2 is 2.00 bits per heavy atom. The number of anilines is 2. The standard InChI is InChI=1S/C24H26F2N4O3/c1-4-29-13-18(24(32)28-15-5-7-16(33-3)8-6-15)23(31)17-11-19(25)22(20(26)21(17)29)30-10-9-27-14(2)12-30/h5-8,11,13-14,27H,4,9-10,12H2,1-3H3,(H,28,32). The molecule has 1 atom stereocenters. The van der Waals surface area contributed by atoms with E-state index in [0.29, 0.717) is 37.6 Å². The van der Waals surface area contributed by atoms with Gasteiger partial charge in [-0.3, -0.25) is 9.59 Å². The molecule has 0 saturated carbocycles. The number of nitrogens with one attached hydrogen (secondary N) is 2. The molecule has 0 radical (unpaired) electrons. The summed E-state index contributed by atoms with van der Waals surface area (Å²) in [4.78, 5) is 27.6. The molecule has 1 aromatic heterocycles. The molecule has 2 heterocycles. The second kappa shape index (κ2) is 9.19. The van der Waals surface area contributed by atoms with Crippen LogP contribution < -0.4 is 25.7 Å². The third kappa shape index (κ3) is 4.28. The average Bonchev–Trinajstić information content (AvgIpc) is 2.80. The van der Waals surface area contributed by atoms with Crippen LogP contribution in [0.25, 0.3) is 10.9 Å². The molecule has 4 rings (SSSR count). The van der Waals surface area contributed by atoms with Gasteiger partial charge in [0, 0.05) is 44.1 Å². The number of methoxy groups -OCH3 is 1. The van der Waals surface area contributed by atoms with Crippen molar-refractivity contribution >= 4 is 28.2 Å². The number of benzene rings is 2. The SMILES string of the molecule is CCn1cc(C(=O)Nc2ccc(OC)cc2)c(=O)c2cc(F)c(N3CCNC(C)C3)c(F)c21. The Bertz CT molecular complexity index is 1260. The Balaban J connectivity index is 1.78. The summed E-state index contributed by atoms with van der Waals surface area (Å²) >= 11 is 0. The number of fused-ring (bicyclic) bond motifs is 1. The minimum absolute atomic E-state index is 0.00826. The highest BCUT2D eigenvalue weighted by atomic mass is 19.1. The molecule has 174 valence electrons. The molecule has 9 heteroatoms. The van der Waals surface area contributed by atoms with Gasteiger partial charge in [0.15, 0.2) is 5.82 Å². The molecule has 0 spiro atoms. The minimum atomic E-state index is -0.818. The molecule has 3 aromatic rings.